The van der Waals surface area contributed by atoms with Gasteiger partial charge in [0.2, 0.25) is 11.8 Å². The molecule has 6 rings (SSSR count). The number of aliphatic imine (C=N–C) groups is 1. The molecule has 2 aromatic rings. The largest absolute Gasteiger partial charge is 0.492 e. The highest BCUT2D eigenvalue weighted by Crippen LogP contribution is 2.49. The molecule has 1 aromatic carbocycles. The molecule has 1 unspecified atom stereocenters. The summed E-state index contributed by atoms with van der Waals surface area (Å²) >= 11 is 0. The van der Waals surface area contributed by atoms with Gasteiger partial charge in [0, 0.05) is 65.9 Å². The molecule has 1 saturated heterocycles. The fraction of sp³-hybridized carbons (Fsp3) is 0.450. The Morgan fingerprint density at radius 2 is 1.80 bits per heavy atom. The van der Waals surface area contributed by atoms with E-state index in [-0.39, 0.29) is 22.7 Å². The number of benzene rings is 1. The van der Waals surface area contributed by atoms with E-state index in [1.165, 1.54) is 29.0 Å². The zero-order valence-corrected chi connectivity index (χ0v) is 32.6. The number of aromatic nitrogens is 1. The lowest BCUT2D eigenvalue weighted by atomic mass is 9.77. The molecular weight excluding hydrogens is 711 g/mol. The second kappa shape index (κ2) is 15.2. The highest BCUT2D eigenvalue weighted by molar-refractivity contribution is 7.85. The molecular formula is C40H51N5O8S. The number of hydrogen-bond donors (Lipinski definition) is 3. The summed E-state index contributed by atoms with van der Waals surface area (Å²) in [5.74, 6) is -1.88. The number of piperidine rings is 1. The van der Waals surface area contributed by atoms with Crippen LogP contribution in [0.15, 0.2) is 94.3 Å². The molecule has 13 nitrogen and oxygen atoms in total. The average molecular weight is 762 g/mol. The van der Waals surface area contributed by atoms with E-state index in [9.17, 15) is 28.0 Å². The molecule has 0 radical (unpaired) electrons. The summed E-state index contributed by atoms with van der Waals surface area (Å²) in [6, 6.07) is 8.75. The smallest absolute Gasteiger partial charge is 0.360 e. The second-order valence-corrected chi connectivity index (χ2v) is 16.9. The number of allylic oxidation sites excluding steroid dienone is 7. The number of carbonyl (C=O) groups excluding carboxylic acids is 1. The third kappa shape index (κ3) is 8.07. The molecule has 0 amide bonds. The predicted octanol–water partition coefficient (Wildman–Crippen LogP) is 5.59. The van der Waals surface area contributed by atoms with E-state index in [2.05, 4.69) is 80.8 Å². The summed E-state index contributed by atoms with van der Waals surface area (Å²) in [4.78, 5) is 32.9. The Balaban J connectivity index is 1.15. The van der Waals surface area contributed by atoms with Crippen molar-refractivity contribution in [2.24, 2.45) is 10.4 Å². The van der Waals surface area contributed by atoms with E-state index < -0.39 is 34.5 Å². The normalized spacial score (nSPS) is 21.3. The Labute approximate surface area is 317 Å². The molecule has 0 saturated carbocycles. The number of anilines is 1. The molecule has 14 heteroatoms. The molecule has 5 heterocycles. The zero-order chi connectivity index (χ0) is 39.0. The number of aromatic hydroxyl groups is 2. The minimum atomic E-state index is -4.05. The van der Waals surface area contributed by atoms with Gasteiger partial charge < -0.3 is 24.9 Å². The van der Waals surface area contributed by atoms with Crippen LogP contribution in [0.25, 0.3) is 0 Å². The number of nitrogens with zero attached hydrogens (tertiary/aromatic N) is 5. The van der Waals surface area contributed by atoms with Crippen LogP contribution in [-0.4, -0.2) is 94.8 Å². The number of fused-ring (bicyclic) bond motifs is 4. The van der Waals surface area contributed by atoms with Crippen molar-refractivity contribution in [1.82, 2.24) is 14.7 Å². The van der Waals surface area contributed by atoms with E-state index in [1.54, 1.807) is 12.1 Å². The number of rotatable bonds is 13. The lowest BCUT2D eigenvalue weighted by Gasteiger charge is -2.42. The molecule has 0 aliphatic carbocycles. The molecule has 1 atom stereocenters. The van der Waals surface area contributed by atoms with Crippen molar-refractivity contribution in [3.63, 3.8) is 0 Å². The van der Waals surface area contributed by atoms with E-state index in [1.807, 2.05) is 18.2 Å². The Morgan fingerprint density at radius 1 is 1.06 bits per heavy atom. The third-order valence-corrected chi connectivity index (χ3v) is 11.5. The molecule has 290 valence electrons. The standard InChI is InChI=1S/C40H51N5O8S/c1-27-16-17-32-29(23-27)40(4,5)34(43(32)21-12-22-54(49,50)51)15-9-7-8-14-33-39(2,3)30-24-28(31-13-10-11-20-44(31)38(30)41-33)25-42(6)52-26-37(48)53-45-35(46)18-19-36(45)47/h7-9,14-19,23-24,38,46-47H,10-13,20-22,25-26H2,1-6H3,(H,49,50,51). The second-order valence-electron chi connectivity index (χ2n) is 15.3. The van der Waals surface area contributed by atoms with Crippen LogP contribution in [0.2, 0.25) is 0 Å². The first-order chi connectivity index (χ1) is 25.5. The first-order valence-electron chi connectivity index (χ1n) is 18.3. The lowest BCUT2D eigenvalue weighted by molar-refractivity contribution is -0.176. The Hall–Kier alpha value is -4.63. The molecule has 54 heavy (non-hydrogen) atoms. The van der Waals surface area contributed by atoms with E-state index in [4.69, 9.17) is 14.7 Å². The van der Waals surface area contributed by atoms with Crippen molar-refractivity contribution in [3.05, 3.63) is 100 Å². The summed E-state index contributed by atoms with van der Waals surface area (Å²) in [6.07, 6.45) is 15.7. The SMILES string of the molecule is Cc1ccc2c(c1)C(C)(C)C(=CC=CC=CC1=NC3C(=CC(CN(C)OCC(=O)On4c(O)ccc4O)=C4CCCCN43)C1(C)C)N2CCCS(=O)(=O)O. The monoisotopic (exact) mass is 761 g/mol. The predicted molar refractivity (Wildman–Crippen MR) is 208 cm³/mol. The van der Waals surface area contributed by atoms with Crippen LogP contribution in [0.3, 0.4) is 0 Å². The van der Waals surface area contributed by atoms with E-state index >= 15 is 0 Å². The van der Waals surface area contributed by atoms with Crippen LogP contribution >= 0.6 is 0 Å². The Morgan fingerprint density at radius 3 is 2.52 bits per heavy atom. The molecule has 1 fully saturated rings. The van der Waals surface area contributed by atoms with Crippen molar-refractivity contribution in [1.29, 1.82) is 0 Å². The molecule has 1 aromatic heterocycles. The molecule has 4 aliphatic heterocycles. The van der Waals surface area contributed by atoms with Crippen LogP contribution < -0.4 is 9.74 Å². The molecule has 0 spiro atoms. The van der Waals surface area contributed by atoms with Crippen LogP contribution in [0.5, 0.6) is 11.8 Å². The maximum atomic E-state index is 12.4. The van der Waals surface area contributed by atoms with Gasteiger partial charge in [0.05, 0.1) is 12.3 Å². The number of hydroxylamine groups is 2. The van der Waals surface area contributed by atoms with Gasteiger partial charge >= 0.3 is 5.97 Å². The average Bonchev–Trinajstić information content (AvgIpc) is 3.63. The molecule has 0 bridgehead atoms. The lowest BCUT2D eigenvalue weighted by Crippen LogP contribution is -2.42. The van der Waals surface area contributed by atoms with Gasteiger partial charge in [0.25, 0.3) is 10.1 Å². The number of hydrogen-bond acceptors (Lipinski definition) is 11. The molecule has 3 N–H and O–H groups in total. The fourth-order valence-corrected chi connectivity index (χ4v) is 8.31. The Kier molecular flexibility index (Phi) is 11.0. The fourth-order valence-electron chi connectivity index (χ4n) is 7.82. The quantitative estimate of drug-likeness (QED) is 0.133. The zero-order valence-electron chi connectivity index (χ0n) is 31.8. The van der Waals surface area contributed by atoms with E-state index in [0.717, 1.165) is 54.0 Å². The van der Waals surface area contributed by atoms with E-state index in [0.29, 0.717) is 24.2 Å². The molecule has 4 aliphatic rings. The van der Waals surface area contributed by atoms with Gasteiger partial charge in [-0.15, -0.1) is 4.73 Å². The maximum absolute atomic E-state index is 12.4. The first kappa shape index (κ1) is 39.1. The van der Waals surface area contributed by atoms with Crippen molar-refractivity contribution >= 4 is 27.5 Å². The van der Waals surface area contributed by atoms with Gasteiger partial charge in [-0.2, -0.15) is 13.5 Å². The number of carbonyl (C=O) groups is 1. The first-order valence-corrected chi connectivity index (χ1v) is 19.9. The van der Waals surface area contributed by atoms with Gasteiger partial charge in [0.15, 0.2) is 6.61 Å². The van der Waals surface area contributed by atoms with Crippen LogP contribution in [0.1, 0.15) is 64.5 Å². The van der Waals surface area contributed by atoms with Gasteiger partial charge in [-0.25, -0.2) is 4.79 Å². The van der Waals surface area contributed by atoms with Crippen molar-refractivity contribution in [2.45, 2.75) is 71.9 Å². The van der Waals surface area contributed by atoms with Crippen LogP contribution in [-0.2, 0) is 25.2 Å². The number of likely N-dealkylation sites (N-methyl/N-ethyl adjacent to an activating group) is 1. The van der Waals surface area contributed by atoms with Crippen molar-refractivity contribution in [3.8, 4) is 11.8 Å². The summed E-state index contributed by atoms with van der Waals surface area (Å²) in [7, 11) is -2.30. The minimum absolute atomic E-state index is 0.0922. The maximum Gasteiger partial charge on any atom is 0.360 e. The Bertz CT molecular complexity index is 2070. The minimum Gasteiger partial charge on any atom is -0.492 e. The summed E-state index contributed by atoms with van der Waals surface area (Å²) in [5.41, 5.74) is 8.30. The topological polar surface area (TPSA) is 157 Å². The van der Waals surface area contributed by atoms with Gasteiger partial charge in [0.1, 0.15) is 6.17 Å². The highest BCUT2D eigenvalue weighted by atomic mass is 32.2. The summed E-state index contributed by atoms with van der Waals surface area (Å²) in [6.45, 7) is 12.2. The van der Waals surface area contributed by atoms with Gasteiger partial charge in [-0.05, 0) is 67.5 Å². The van der Waals surface area contributed by atoms with Gasteiger partial charge in [-0.3, -0.25) is 14.4 Å². The highest BCUT2D eigenvalue weighted by Gasteiger charge is 2.45. The van der Waals surface area contributed by atoms with Crippen LogP contribution in [0, 0.1) is 12.3 Å². The van der Waals surface area contributed by atoms with Crippen molar-refractivity contribution < 1.29 is 37.7 Å². The summed E-state index contributed by atoms with van der Waals surface area (Å²) in [5, 5.41) is 21.1. The number of aryl methyl sites for hydroxylation is 1. The third-order valence-electron chi connectivity index (χ3n) is 10.7. The van der Waals surface area contributed by atoms with Gasteiger partial charge in [-0.1, -0.05) is 69.7 Å². The van der Waals surface area contributed by atoms with Crippen LogP contribution in [0.4, 0.5) is 5.69 Å². The van der Waals surface area contributed by atoms with Crippen molar-refractivity contribution in [2.75, 3.05) is 43.9 Å². The summed E-state index contributed by atoms with van der Waals surface area (Å²) < 4.78 is 32.9.